The fraction of sp³-hybridized carbons (Fsp3) is 0.778. The summed E-state index contributed by atoms with van der Waals surface area (Å²) >= 11 is 0. The molecule has 86 valence electrons. The van der Waals surface area contributed by atoms with Crippen molar-refractivity contribution in [3.63, 3.8) is 0 Å². The largest absolute Gasteiger partial charge is 0.338 e. The van der Waals surface area contributed by atoms with Crippen LogP contribution in [0, 0.1) is 6.92 Å². The highest BCUT2D eigenvalue weighted by Crippen LogP contribution is 2.04. The van der Waals surface area contributed by atoms with Crippen molar-refractivity contribution in [2.75, 3.05) is 19.1 Å². The lowest BCUT2D eigenvalue weighted by Crippen LogP contribution is -2.33. The van der Waals surface area contributed by atoms with Gasteiger partial charge in [-0.2, -0.15) is 4.98 Å². The van der Waals surface area contributed by atoms with E-state index in [0.717, 1.165) is 0 Å². The average molecular weight is 231 g/mol. The molecule has 0 aromatic carbocycles. The van der Waals surface area contributed by atoms with Crippen LogP contribution in [0.2, 0.25) is 0 Å². The van der Waals surface area contributed by atoms with Gasteiger partial charge in [-0.15, -0.1) is 0 Å². The van der Waals surface area contributed by atoms with Crippen LogP contribution in [0.5, 0.6) is 0 Å². The minimum Gasteiger partial charge on any atom is -0.338 e. The Morgan fingerprint density at radius 1 is 1.60 bits per heavy atom. The van der Waals surface area contributed by atoms with Crippen molar-refractivity contribution in [1.82, 2.24) is 15.0 Å². The Bertz CT molecular complexity index is 340. The lowest BCUT2D eigenvalue weighted by atomic mass is 10.3. The number of hydrogen-bond donors (Lipinski definition) is 0. The number of hydrogen-bond acceptors (Lipinski definition) is 5. The summed E-state index contributed by atoms with van der Waals surface area (Å²) in [7, 11) is 1.18. The first kappa shape index (κ1) is 12.3. The zero-order valence-electron chi connectivity index (χ0n) is 9.56. The smallest absolute Gasteiger partial charge is 0.240 e. The van der Waals surface area contributed by atoms with E-state index in [2.05, 4.69) is 10.1 Å². The SMILES string of the molecule is Cc1noc(CN(C)[C@H](C)C[S@](C)=O)n1. The molecule has 0 fully saturated rings. The first-order chi connectivity index (χ1) is 6.99. The molecule has 1 aromatic heterocycles. The Kier molecular flexibility index (Phi) is 4.41. The molecule has 1 aromatic rings. The highest BCUT2D eigenvalue weighted by atomic mass is 32.2. The Hall–Kier alpha value is -0.750. The summed E-state index contributed by atoms with van der Waals surface area (Å²) in [5.41, 5.74) is 0. The topological polar surface area (TPSA) is 59.2 Å². The second kappa shape index (κ2) is 5.37. The monoisotopic (exact) mass is 231 g/mol. The average Bonchev–Trinajstić information content (AvgIpc) is 2.50. The fourth-order valence-corrected chi connectivity index (χ4v) is 2.17. The Balaban J connectivity index is 2.47. The van der Waals surface area contributed by atoms with Crippen LogP contribution in [0.1, 0.15) is 18.6 Å². The van der Waals surface area contributed by atoms with Gasteiger partial charge in [0.1, 0.15) is 0 Å². The number of nitrogens with zero attached hydrogens (tertiary/aromatic N) is 3. The number of aryl methyl sites for hydroxylation is 1. The molecule has 0 N–H and O–H groups in total. The second-order valence-corrected chi connectivity index (χ2v) is 5.22. The zero-order valence-corrected chi connectivity index (χ0v) is 10.4. The summed E-state index contributed by atoms with van der Waals surface area (Å²) in [6.45, 7) is 4.42. The lowest BCUT2D eigenvalue weighted by molar-refractivity contribution is 0.228. The molecule has 15 heavy (non-hydrogen) atoms. The van der Waals surface area contributed by atoms with E-state index in [1.165, 1.54) is 0 Å². The van der Waals surface area contributed by atoms with E-state index in [4.69, 9.17) is 4.52 Å². The molecular formula is C9H17N3O2S. The molecule has 1 rings (SSSR count). The van der Waals surface area contributed by atoms with Gasteiger partial charge in [0.15, 0.2) is 5.82 Å². The highest BCUT2D eigenvalue weighted by Gasteiger charge is 2.14. The third-order valence-electron chi connectivity index (χ3n) is 2.18. The van der Waals surface area contributed by atoms with Gasteiger partial charge in [0.25, 0.3) is 0 Å². The summed E-state index contributed by atoms with van der Waals surface area (Å²) in [6, 6.07) is 0.239. The molecule has 0 bridgehead atoms. The van der Waals surface area contributed by atoms with Gasteiger partial charge in [0.2, 0.25) is 5.89 Å². The lowest BCUT2D eigenvalue weighted by Gasteiger charge is -2.21. The maximum absolute atomic E-state index is 11.0. The molecule has 0 aliphatic heterocycles. The first-order valence-electron chi connectivity index (χ1n) is 4.78. The molecule has 0 radical (unpaired) electrons. The van der Waals surface area contributed by atoms with E-state index in [1.807, 2.05) is 18.9 Å². The predicted molar refractivity (Wildman–Crippen MR) is 58.9 cm³/mol. The van der Waals surface area contributed by atoms with E-state index in [9.17, 15) is 4.21 Å². The van der Waals surface area contributed by atoms with Crippen molar-refractivity contribution in [2.24, 2.45) is 0 Å². The normalized spacial score (nSPS) is 15.5. The van der Waals surface area contributed by atoms with E-state index >= 15 is 0 Å². The van der Waals surface area contributed by atoms with E-state index in [-0.39, 0.29) is 6.04 Å². The Morgan fingerprint density at radius 3 is 2.73 bits per heavy atom. The minimum absolute atomic E-state index is 0.239. The molecule has 0 aliphatic rings. The summed E-state index contributed by atoms with van der Waals surface area (Å²) in [5, 5.41) is 3.72. The third kappa shape index (κ3) is 4.09. The Morgan fingerprint density at radius 2 is 2.27 bits per heavy atom. The molecule has 0 saturated heterocycles. The van der Waals surface area contributed by atoms with Crippen LogP contribution in [0.25, 0.3) is 0 Å². The number of rotatable bonds is 5. The van der Waals surface area contributed by atoms with E-state index in [0.29, 0.717) is 24.0 Å². The zero-order chi connectivity index (χ0) is 11.4. The quantitative estimate of drug-likeness (QED) is 0.741. The molecule has 2 atom stereocenters. The Labute approximate surface area is 92.3 Å². The van der Waals surface area contributed by atoms with Gasteiger partial charge in [0, 0.05) is 28.9 Å². The molecule has 0 aliphatic carbocycles. The standard InChI is InChI=1S/C9H17N3O2S/c1-7(6-15(4)13)12(3)5-9-10-8(2)11-14-9/h7H,5-6H2,1-4H3/t7-,15+/m1/s1. The molecule has 0 amide bonds. The van der Waals surface area contributed by atoms with Gasteiger partial charge < -0.3 is 4.52 Å². The molecule has 5 nitrogen and oxygen atoms in total. The van der Waals surface area contributed by atoms with E-state index < -0.39 is 10.8 Å². The summed E-state index contributed by atoms with van der Waals surface area (Å²) in [6.07, 6.45) is 1.71. The fourth-order valence-electron chi connectivity index (χ4n) is 1.24. The van der Waals surface area contributed by atoms with Gasteiger partial charge in [-0.3, -0.25) is 9.11 Å². The minimum atomic E-state index is -0.777. The maximum Gasteiger partial charge on any atom is 0.240 e. The molecule has 6 heteroatoms. The van der Waals surface area contributed by atoms with Crippen LogP contribution in [-0.2, 0) is 17.3 Å². The second-order valence-electron chi connectivity index (χ2n) is 3.74. The predicted octanol–water partition coefficient (Wildman–Crippen LogP) is 0.577. The van der Waals surface area contributed by atoms with Gasteiger partial charge >= 0.3 is 0 Å². The van der Waals surface area contributed by atoms with E-state index in [1.54, 1.807) is 13.2 Å². The molecule has 0 spiro atoms. The van der Waals surface area contributed by atoms with Crippen molar-refractivity contribution < 1.29 is 8.73 Å². The van der Waals surface area contributed by atoms with Crippen molar-refractivity contribution in [3.05, 3.63) is 11.7 Å². The summed E-state index contributed by atoms with van der Waals surface area (Å²) < 4.78 is 16.1. The van der Waals surface area contributed by atoms with Gasteiger partial charge in [-0.05, 0) is 20.9 Å². The number of aromatic nitrogens is 2. The van der Waals surface area contributed by atoms with Crippen LogP contribution in [-0.4, -0.2) is 44.3 Å². The van der Waals surface area contributed by atoms with Gasteiger partial charge in [0.05, 0.1) is 6.54 Å². The molecule has 1 heterocycles. The van der Waals surface area contributed by atoms with Gasteiger partial charge in [-0.25, -0.2) is 0 Å². The molecular weight excluding hydrogens is 214 g/mol. The van der Waals surface area contributed by atoms with Crippen LogP contribution in [0.4, 0.5) is 0 Å². The summed E-state index contributed by atoms with van der Waals surface area (Å²) in [4.78, 5) is 6.17. The highest BCUT2D eigenvalue weighted by molar-refractivity contribution is 7.84. The van der Waals surface area contributed by atoms with Crippen molar-refractivity contribution in [2.45, 2.75) is 26.4 Å². The van der Waals surface area contributed by atoms with Crippen molar-refractivity contribution in [3.8, 4) is 0 Å². The summed E-state index contributed by atoms with van der Waals surface area (Å²) in [5.74, 6) is 1.90. The molecule has 0 unspecified atom stereocenters. The maximum atomic E-state index is 11.0. The van der Waals surface area contributed by atoms with Crippen molar-refractivity contribution >= 4 is 10.8 Å². The van der Waals surface area contributed by atoms with Crippen LogP contribution in [0.15, 0.2) is 4.52 Å². The van der Waals surface area contributed by atoms with Crippen LogP contribution in [0.3, 0.4) is 0 Å². The van der Waals surface area contributed by atoms with Crippen molar-refractivity contribution in [1.29, 1.82) is 0 Å². The molecule has 0 saturated carbocycles. The van der Waals surface area contributed by atoms with Crippen LogP contribution < -0.4 is 0 Å². The van der Waals surface area contributed by atoms with Crippen LogP contribution >= 0.6 is 0 Å². The first-order valence-corrected chi connectivity index (χ1v) is 6.51. The van der Waals surface area contributed by atoms with Gasteiger partial charge in [-0.1, -0.05) is 5.16 Å². The third-order valence-corrected chi connectivity index (χ3v) is 3.13.